The van der Waals surface area contributed by atoms with E-state index in [1.807, 2.05) is 55.0 Å². The SMILES string of the molecule is c1ccc(-n2c(-c3cccc(-c4cccnc4)c3)nc3c2c2nc(-c4cccc(-c5cccnc5)c4)n(-c4ccccc4)c2c2nc(-c4cccc(-c5cccnc5)c4)n(-c4ccccc4)c32)cc1. The monoisotopic (exact) mass is 885 g/mol. The largest absolute Gasteiger partial charge is 0.290 e. The molecular formula is C60H39N9. The van der Waals surface area contributed by atoms with Crippen LogP contribution in [-0.2, 0) is 0 Å². The lowest BCUT2D eigenvalue weighted by molar-refractivity contribution is 1.10. The second-order valence-electron chi connectivity index (χ2n) is 16.9. The van der Waals surface area contributed by atoms with Gasteiger partial charge in [0.2, 0.25) is 0 Å². The van der Waals surface area contributed by atoms with Crippen molar-refractivity contribution in [1.82, 2.24) is 43.6 Å². The molecule has 7 aromatic carbocycles. The van der Waals surface area contributed by atoms with E-state index in [1.54, 1.807) is 18.6 Å². The topological polar surface area (TPSA) is 92.1 Å². The summed E-state index contributed by atoms with van der Waals surface area (Å²) >= 11 is 0. The van der Waals surface area contributed by atoms with Crippen LogP contribution in [0.5, 0.6) is 0 Å². The number of rotatable bonds is 9. The number of aromatic nitrogens is 9. The van der Waals surface area contributed by atoms with E-state index >= 15 is 0 Å². The first-order valence-corrected chi connectivity index (χ1v) is 22.8. The van der Waals surface area contributed by atoms with Crippen LogP contribution in [0.2, 0.25) is 0 Å². The summed E-state index contributed by atoms with van der Waals surface area (Å²) in [6.45, 7) is 0. The molecule has 0 N–H and O–H groups in total. The standard InChI is InChI=1S/C60H39N9/c1-4-25-49(26-5-1)67-55-52(64-58(67)43-19-10-16-40(34-43)46-22-13-31-61-37-46)56-54(66-60(68(56)50-27-6-2-7-28-50)45-21-12-18-42(36-45)48-24-15-33-63-39-48)57-53(55)65-59(69(57)51-29-8-3-9-30-51)44-20-11-17-41(35-44)47-23-14-32-62-38-47/h1-39H. The van der Waals surface area contributed by atoms with Crippen molar-refractivity contribution < 1.29 is 0 Å². The van der Waals surface area contributed by atoms with Gasteiger partial charge in [-0.05, 0) is 89.5 Å². The number of fused-ring (bicyclic) bond motifs is 6. The highest BCUT2D eigenvalue weighted by molar-refractivity contribution is 6.22. The minimum Gasteiger partial charge on any atom is -0.290 e. The van der Waals surface area contributed by atoms with Gasteiger partial charge in [-0.25, -0.2) is 15.0 Å². The van der Waals surface area contributed by atoms with Gasteiger partial charge in [0.05, 0.1) is 0 Å². The third-order valence-electron chi connectivity index (χ3n) is 12.7. The number of imidazole rings is 3. The minimum atomic E-state index is 0.766. The number of hydrogen-bond donors (Lipinski definition) is 0. The molecule has 0 atom stereocenters. The molecule has 0 amide bonds. The van der Waals surface area contributed by atoms with Gasteiger partial charge >= 0.3 is 0 Å². The normalized spacial score (nSPS) is 11.5. The summed E-state index contributed by atoms with van der Waals surface area (Å²) in [6, 6.07) is 69.3. The van der Waals surface area contributed by atoms with Gasteiger partial charge in [-0.3, -0.25) is 28.7 Å². The predicted molar refractivity (Wildman–Crippen MR) is 276 cm³/mol. The summed E-state index contributed by atoms with van der Waals surface area (Å²) in [5, 5.41) is 0. The predicted octanol–water partition coefficient (Wildman–Crippen LogP) is 13.9. The maximum Gasteiger partial charge on any atom is 0.145 e. The van der Waals surface area contributed by atoms with Crippen molar-refractivity contribution in [2.24, 2.45) is 0 Å². The smallest absolute Gasteiger partial charge is 0.145 e. The van der Waals surface area contributed by atoms with E-state index in [-0.39, 0.29) is 0 Å². The lowest BCUT2D eigenvalue weighted by atomic mass is 10.0. The van der Waals surface area contributed by atoms with Crippen LogP contribution in [0.3, 0.4) is 0 Å². The Morgan fingerprint density at radius 2 is 0.522 bits per heavy atom. The molecule has 13 rings (SSSR count). The number of benzene rings is 7. The first-order chi connectivity index (χ1) is 34.2. The molecule has 0 unspecified atom stereocenters. The summed E-state index contributed by atoms with van der Waals surface area (Å²) < 4.78 is 6.84. The maximum atomic E-state index is 5.79. The second-order valence-corrected chi connectivity index (χ2v) is 16.9. The van der Waals surface area contributed by atoms with E-state index < -0.39 is 0 Å². The molecule has 0 fully saturated rings. The minimum absolute atomic E-state index is 0.766. The third-order valence-corrected chi connectivity index (χ3v) is 12.7. The lowest BCUT2D eigenvalue weighted by Gasteiger charge is -2.13. The third kappa shape index (κ3) is 6.87. The Morgan fingerprint density at radius 3 is 0.797 bits per heavy atom. The van der Waals surface area contributed by atoms with Crippen LogP contribution in [0, 0.1) is 0 Å². The van der Waals surface area contributed by atoms with Crippen LogP contribution in [0.1, 0.15) is 0 Å². The first-order valence-electron chi connectivity index (χ1n) is 22.8. The molecule has 0 aliphatic carbocycles. The number of hydrogen-bond acceptors (Lipinski definition) is 6. The Balaban J connectivity index is 1.22. The summed E-state index contributed by atoms with van der Waals surface area (Å²) in [5.41, 5.74) is 16.7. The van der Waals surface area contributed by atoms with Crippen LogP contribution < -0.4 is 0 Å². The quantitative estimate of drug-likeness (QED) is 0.143. The van der Waals surface area contributed by atoms with E-state index in [9.17, 15) is 0 Å². The molecule has 6 heterocycles. The zero-order chi connectivity index (χ0) is 45.7. The van der Waals surface area contributed by atoms with E-state index in [0.29, 0.717) is 0 Å². The van der Waals surface area contributed by atoms with Gasteiger partial charge in [0.15, 0.2) is 0 Å². The van der Waals surface area contributed by atoms with Crippen LogP contribution in [0.25, 0.3) is 118 Å². The van der Waals surface area contributed by atoms with Crippen molar-refractivity contribution in [3.63, 3.8) is 0 Å². The number of para-hydroxylation sites is 3. The van der Waals surface area contributed by atoms with Gasteiger partial charge in [-0.1, -0.05) is 127 Å². The molecule has 0 saturated heterocycles. The number of nitrogens with zero attached hydrogens (tertiary/aromatic N) is 9. The molecular weight excluding hydrogens is 847 g/mol. The maximum absolute atomic E-state index is 5.79. The Kier molecular flexibility index (Phi) is 9.61. The molecule has 0 aliphatic heterocycles. The highest BCUT2D eigenvalue weighted by Crippen LogP contribution is 2.45. The van der Waals surface area contributed by atoms with E-state index in [2.05, 4.69) is 192 Å². The second kappa shape index (κ2) is 16.7. The van der Waals surface area contributed by atoms with Gasteiger partial charge in [-0.15, -0.1) is 0 Å². The summed E-state index contributed by atoms with van der Waals surface area (Å²) in [5.74, 6) is 2.31. The van der Waals surface area contributed by atoms with Crippen LogP contribution >= 0.6 is 0 Å². The van der Waals surface area contributed by atoms with Gasteiger partial charge in [0.25, 0.3) is 0 Å². The Labute approximate surface area is 397 Å². The summed E-state index contributed by atoms with van der Waals surface area (Å²) in [4.78, 5) is 30.7. The van der Waals surface area contributed by atoms with E-state index in [0.717, 1.165) is 118 Å². The van der Waals surface area contributed by atoms with Gasteiger partial charge in [0.1, 0.15) is 50.6 Å². The average Bonchev–Trinajstić information content (AvgIpc) is 4.16. The van der Waals surface area contributed by atoms with Crippen molar-refractivity contribution in [3.05, 3.63) is 237 Å². The Bertz CT molecular complexity index is 3530. The fourth-order valence-corrected chi connectivity index (χ4v) is 9.59. The first kappa shape index (κ1) is 39.7. The molecule has 324 valence electrons. The Hall–Kier alpha value is -9.60. The molecule has 0 spiro atoms. The zero-order valence-electron chi connectivity index (χ0n) is 37.0. The van der Waals surface area contributed by atoms with E-state index in [1.165, 1.54) is 0 Å². The van der Waals surface area contributed by atoms with Crippen molar-refractivity contribution >= 4 is 33.1 Å². The van der Waals surface area contributed by atoms with Gasteiger partial charge in [-0.2, -0.15) is 0 Å². The molecule has 0 bridgehead atoms. The summed E-state index contributed by atoms with van der Waals surface area (Å²) in [7, 11) is 0. The molecule has 0 aliphatic rings. The highest BCUT2D eigenvalue weighted by Gasteiger charge is 2.30. The van der Waals surface area contributed by atoms with Gasteiger partial charge < -0.3 is 0 Å². The van der Waals surface area contributed by atoms with E-state index in [4.69, 9.17) is 15.0 Å². The zero-order valence-corrected chi connectivity index (χ0v) is 37.0. The molecule has 9 heteroatoms. The molecule has 0 saturated carbocycles. The molecule has 69 heavy (non-hydrogen) atoms. The van der Waals surface area contributed by atoms with Crippen molar-refractivity contribution in [2.75, 3.05) is 0 Å². The van der Waals surface area contributed by atoms with Crippen molar-refractivity contribution in [1.29, 1.82) is 0 Å². The molecule has 13 aromatic rings. The van der Waals surface area contributed by atoms with Gasteiger partial charge in [0, 0.05) is 87.6 Å². The highest BCUT2D eigenvalue weighted by atomic mass is 15.2. The fraction of sp³-hybridized carbons (Fsp3) is 0. The fourth-order valence-electron chi connectivity index (χ4n) is 9.59. The van der Waals surface area contributed by atoms with Crippen LogP contribution in [0.4, 0.5) is 0 Å². The van der Waals surface area contributed by atoms with Crippen molar-refractivity contribution in [2.45, 2.75) is 0 Å². The van der Waals surface area contributed by atoms with Crippen molar-refractivity contribution in [3.8, 4) is 84.6 Å². The lowest BCUT2D eigenvalue weighted by Crippen LogP contribution is -2.00. The number of pyridine rings is 3. The van der Waals surface area contributed by atoms with Crippen LogP contribution in [0.15, 0.2) is 237 Å². The van der Waals surface area contributed by atoms with Crippen LogP contribution in [-0.4, -0.2) is 43.6 Å². The molecule has 6 aromatic heterocycles. The molecule has 9 nitrogen and oxygen atoms in total. The Morgan fingerprint density at radius 1 is 0.246 bits per heavy atom. The molecule has 0 radical (unpaired) electrons. The summed E-state index contributed by atoms with van der Waals surface area (Å²) in [6.07, 6.45) is 11.1. The average molecular weight is 886 g/mol.